The first kappa shape index (κ1) is 19.5. The summed E-state index contributed by atoms with van der Waals surface area (Å²) in [5.74, 6) is 2.34. The summed E-state index contributed by atoms with van der Waals surface area (Å²) in [6.45, 7) is 6.77. The number of carbonyl (C=O) groups excluding carboxylic acids is 1. The second kappa shape index (κ2) is 7.55. The average Bonchev–Trinajstić information content (AvgIpc) is 3.31. The molecule has 0 N–H and O–H groups in total. The van der Waals surface area contributed by atoms with Gasteiger partial charge in [-0.15, -0.1) is 10.2 Å². The summed E-state index contributed by atoms with van der Waals surface area (Å²) in [6, 6.07) is 13.6. The lowest BCUT2D eigenvalue weighted by Crippen LogP contribution is -2.10. The Labute approximate surface area is 174 Å². The normalized spacial score (nSPS) is 13.0. The summed E-state index contributed by atoms with van der Waals surface area (Å²) in [4.78, 5) is 12.6. The van der Waals surface area contributed by atoms with Crippen molar-refractivity contribution in [3.63, 3.8) is 0 Å². The van der Waals surface area contributed by atoms with Crippen LogP contribution in [-0.2, 0) is 12.5 Å². The number of aromatic nitrogens is 3. The van der Waals surface area contributed by atoms with Crippen molar-refractivity contribution in [1.29, 1.82) is 0 Å². The topological polar surface area (TPSA) is 66.2 Å². The first-order chi connectivity index (χ1) is 13.8. The average molecular weight is 410 g/mol. The van der Waals surface area contributed by atoms with Crippen molar-refractivity contribution in [2.24, 2.45) is 7.05 Å². The van der Waals surface area contributed by atoms with Crippen LogP contribution in [0.15, 0.2) is 47.6 Å². The molecule has 150 valence electrons. The Morgan fingerprint density at radius 1 is 1.07 bits per heavy atom. The third-order valence-electron chi connectivity index (χ3n) is 4.87. The lowest BCUT2D eigenvalue weighted by molar-refractivity contribution is 0.102. The molecule has 29 heavy (non-hydrogen) atoms. The summed E-state index contributed by atoms with van der Waals surface area (Å²) < 4.78 is 12.6. The Kier molecular flexibility index (Phi) is 5.08. The van der Waals surface area contributed by atoms with Gasteiger partial charge in [-0.3, -0.25) is 4.79 Å². The fourth-order valence-corrected chi connectivity index (χ4v) is 3.90. The fraction of sp³-hybridized carbons (Fsp3) is 0.318. The Bertz CT molecular complexity index is 1050. The quantitative estimate of drug-likeness (QED) is 0.457. The minimum Gasteiger partial charge on any atom is -0.454 e. The summed E-state index contributed by atoms with van der Waals surface area (Å²) in [5.41, 5.74) is 2.98. The summed E-state index contributed by atoms with van der Waals surface area (Å²) in [7, 11) is 1.92. The minimum atomic E-state index is 0.00683. The molecular formula is C22H23N3O3S. The van der Waals surface area contributed by atoms with Crippen molar-refractivity contribution in [3.05, 3.63) is 53.6 Å². The van der Waals surface area contributed by atoms with E-state index in [4.69, 9.17) is 9.47 Å². The molecule has 0 radical (unpaired) electrons. The largest absolute Gasteiger partial charge is 0.454 e. The molecule has 0 bridgehead atoms. The highest BCUT2D eigenvalue weighted by Gasteiger charge is 2.18. The number of benzene rings is 2. The van der Waals surface area contributed by atoms with Crippen LogP contribution in [0.5, 0.6) is 11.5 Å². The van der Waals surface area contributed by atoms with E-state index in [2.05, 4.69) is 55.2 Å². The molecule has 1 aliphatic rings. The van der Waals surface area contributed by atoms with Crippen LogP contribution >= 0.6 is 11.8 Å². The smallest absolute Gasteiger partial charge is 0.231 e. The standard InChI is InChI=1S/C22H23N3O3S/c1-22(2,3)16-8-5-14(6-9-16)20-23-24-21(25(20)4)29-12-17(26)15-7-10-18-19(11-15)28-13-27-18/h5-11H,12-13H2,1-4H3. The van der Waals surface area contributed by atoms with Gasteiger partial charge in [0.25, 0.3) is 0 Å². The monoisotopic (exact) mass is 409 g/mol. The van der Waals surface area contributed by atoms with E-state index >= 15 is 0 Å². The number of thioether (sulfide) groups is 1. The predicted octanol–water partition coefficient (Wildman–Crippen LogP) is 4.48. The second-order valence-electron chi connectivity index (χ2n) is 7.97. The van der Waals surface area contributed by atoms with Crippen molar-refractivity contribution >= 4 is 17.5 Å². The molecule has 0 spiro atoms. The number of fused-ring (bicyclic) bond motifs is 1. The first-order valence-electron chi connectivity index (χ1n) is 9.39. The molecule has 0 amide bonds. The summed E-state index contributed by atoms with van der Waals surface area (Å²) >= 11 is 1.37. The van der Waals surface area contributed by atoms with E-state index in [9.17, 15) is 4.79 Å². The van der Waals surface area contributed by atoms with Crippen LogP contribution in [0, 0.1) is 0 Å². The lowest BCUT2D eigenvalue weighted by Gasteiger charge is -2.19. The SMILES string of the molecule is Cn1c(SCC(=O)c2ccc3c(c2)OCO3)nnc1-c1ccc(C(C)(C)C)cc1. The van der Waals surface area contributed by atoms with E-state index in [0.29, 0.717) is 22.2 Å². The van der Waals surface area contributed by atoms with Gasteiger partial charge in [-0.05, 0) is 29.2 Å². The number of Topliss-reactive ketones (excluding diaryl/α,β-unsaturated/α-hetero) is 1. The van der Waals surface area contributed by atoms with Gasteiger partial charge in [-0.25, -0.2) is 0 Å². The van der Waals surface area contributed by atoms with E-state index in [0.717, 1.165) is 11.4 Å². The van der Waals surface area contributed by atoms with Crippen molar-refractivity contribution in [3.8, 4) is 22.9 Å². The zero-order valence-electron chi connectivity index (χ0n) is 16.9. The molecule has 1 aromatic heterocycles. The highest BCUT2D eigenvalue weighted by molar-refractivity contribution is 7.99. The molecule has 2 aromatic carbocycles. The Morgan fingerprint density at radius 3 is 2.52 bits per heavy atom. The third-order valence-corrected chi connectivity index (χ3v) is 5.89. The number of hydrogen-bond acceptors (Lipinski definition) is 6. The van der Waals surface area contributed by atoms with Gasteiger partial charge in [0.1, 0.15) is 0 Å². The predicted molar refractivity (Wildman–Crippen MR) is 113 cm³/mol. The molecule has 0 unspecified atom stereocenters. The van der Waals surface area contributed by atoms with Gasteiger partial charge >= 0.3 is 0 Å². The number of carbonyl (C=O) groups is 1. The van der Waals surface area contributed by atoms with Crippen molar-refractivity contribution in [1.82, 2.24) is 14.8 Å². The first-order valence-corrected chi connectivity index (χ1v) is 10.4. The van der Waals surface area contributed by atoms with Crippen molar-refractivity contribution < 1.29 is 14.3 Å². The van der Waals surface area contributed by atoms with Gasteiger partial charge in [-0.1, -0.05) is 56.8 Å². The number of ether oxygens (including phenoxy) is 2. The molecular weight excluding hydrogens is 386 g/mol. The van der Waals surface area contributed by atoms with Crippen LogP contribution in [0.1, 0.15) is 36.7 Å². The molecule has 2 heterocycles. The maximum absolute atomic E-state index is 12.6. The highest BCUT2D eigenvalue weighted by Crippen LogP contribution is 2.33. The Morgan fingerprint density at radius 2 is 1.79 bits per heavy atom. The van der Waals surface area contributed by atoms with Gasteiger partial charge in [0.05, 0.1) is 5.75 Å². The van der Waals surface area contributed by atoms with Gasteiger partial charge in [0, 0.05) is 18.2 Å². The van der Waals surface area contributed by atoms with Crippen LogP contribution in [0.4, 0.5) is 0 Å². The van der Waals surface area contributed by atoms with Crippen LogP contribution in [0.25, 0.3) is 11.4 Å². The van der Waals surface area contributed by atoms with Gasteiger partial charge in [-0.2, -0.15) is 0 Å². The van der Waals surface area contributed by atoms with E-state index in [1.54, 1.807) is 18.2 Å². The molecule has 0 saturated heterocycles. The van der Waals surface area contributed by atoms with Gasteiger partial charge in [0.15, 0.2) is 28.3 Å². The summed E-state index contributed by atoms with van der Waals surface area (Å²) in [5, 5.41) is 9.29. The van der Waals surface area contributed by atoms with E-state index in [-0.39, 0.29) is 23.7 Å². The number of hydrogen-bond donors (Lipinski definition) is 0. The van der Waals surface area contributed by atoms with Crippen LogP contribution in [-0.4, -0.2) is 33.1 Å². The maximum Gasteiger partial charge on any atom is 0.231 e. The number of ketones is 1. The molecule has 0 atom stereocenters. The molecule has 7 heteroatoms. The van der Waals surface area contributed by atoms with E-state index < -0.39 is 0 Å². The van der Waals surface area contributed by atoms with Crippen LogP contribution in [0.2, 0.25) is 0 Å². The van der Waals surface area contributed by atoms with Crippen LogP contribution in [0.3, 0.4) is 0 Å². The van der Waals surface area contributed by atoms with E-state index in [1.165, 1.54) is 17.3 Å². The molecule has 6 nitrogen and oxygen atoms in total. The van der Waals surface area contributed by atoms with Crippen molar-refractivity contribution in [2.45, 2.75) is 31.3 Å². The molecule has 3 aromatic rings. The minimum absolute atomic E-state index is 0.00683. The van der Waals surface area contributed by atoms with Gasteiger partial charge in [0.2, 0.25) is 6.79 Å². The highest BCUT2D eigenvalue weighted by atomic mass is 32.2. The number of nitrogens with zero attached hydrogens (tertiary/aromatic N) is 3. The Hall–Kier alpha value is -2.80. The Balaban J connectivity index is 1.45. The molecule has 1 aliphatic heterocycles. The lowest BCUT2D eigenvalue weighted by atomic mass is 9.87. The molecule has 0 aliphatic carbocycles. The zero-order chi connectivity index (χ0) is 20.6. The molecule has 4 rings (SSSR count). The third kappa shape index (κ3) is 4.00. The molecule has 0 saturated carbocycles. The number of rotatable bonds is 5. The maximum atomic E-state index is 12.6. The zero-order valence-corrected chi connectivity index (χ0v) is 17.7. The fourth-order valence-electron chi connectivity index (χ4n) is 3.09. The summed E-state index contributed by atoms with van der Waals surface area (Å²) in [6.07, 6.45) is 0. The van der Waals surface area contributed by atoms with Crippen molar-refractivity contribution in [2.75, 3.05) is 12.5 Å². The van der Waals surface area contributed by atoms with Gasteiger partial charge < -0.3 is 14.0 Å². The second-order valence-corrected chi connectivity index (χ2v) is 8.91. The van der Waals surface area contributed by atoms with E-state index in [1.807, 2.05) is 11.6 Å². The molecule has 0 fully saturated rings. The van der Waals surface area contributed by atoms with Crippen LogP contribution < -0.4 is 9.47 Å².